The molecule has 0 bridgehead atoms. The predicted octanol–water partition coefficient (Wildman–Crippen LogP) is 4.34. The van der Waals surface area contributed by atoms with Crippen LogP contribution in [0.4, 0.5) is 0 Å². The van der Waals surface area contributed by atoms with Gasteiger partial charge >= 0.3 is 5.97 Å². The Labute approximate surface area is 221 Å². The Morgan fingerprint density at radius 2 is 1.81 bits per heavy atom. The molecule has 8 nitrogen and oxygen atoms in total. The van der Waals surface area contributed by atoms with Gasteiger partial charge in [-0.3, -0.25) is 4.79 Å². The molecule has 0 spiro atoms. The van der Waals surface area contributed by atoms with Crippen molar-refractivity contribution in [1.82, 2.24) is 20.2 Å². The standard InChI is InChI=1S/C29H48N4O4/c1-5-19-23-15-18(34)10-12-29(23,4)22-11-13-28(3)20(8-9-21(28)26(22)27(19)37)17(2)7-6-14-33-31-24(30-32-33)16-25(35)36/h17-23,26-27,34,37H,5-16H2,1-4H3,(H,35,36)/t17-,18-,19-,20-,21+,22+,23?,26?,27-,28?,29-/m1/s1. The predicted molar refractivity (Wildman–Crippen MR) is 139 cm³/mol. The lowest BCUT2D eigenvalue weighted by Crippen LogP contribution is -2.62. The van der Waals surface area contributed by atoms with Crippen LogP contribution in [0.3, 0.4) is 0 Å². The highest BCUT2D eigenvalue weighted by Crippen LogP contribution is 2.69. The number of aromatic nitrogens is 4. The van der Waals surface area contributed by atoms with Gasteiger partial charge < -0.3 is 15.3 Å². The van der Waals surface area contributed by atoms with Crippen molar-refractivity contribution >= 4 is 5.97 Å². The van der Waals surface area contributed by atoms with Gasteiger partial charge in [0, 0.05) is 0 Å². The Kier molecular flexibility index (Phi) is 7.47. The molecule has 5 rings (SSSR count). The molecule has 1 heterocycles. The molecule has 3 N–H and O–H groups in total. The Hall–Kier alpha value is -1.54. The van der Waals surface area contributed by atoms with Crippen molar-refractivity contribution in [2.45, 2.75) is 117 Å². The van der Waals surface area contributed by atoms with Gasteiger partial charge in [0.05, 0.1) is 18.8 Å². The smallest absolute Gasteiger partial charge is 0.311 e. The number of carboxylic acids is 1. The maximum atomic E-state index is 11.9. The molecule has 0 saturated heterocycles. The fourth-order valence-electron chi connectivity index (χ4n) is 10.3. The Morgan fingerprint density at radius 1 is 1.08 bits per heavy atom. The van der Waals surface area contributed by atoms with Crippen molar-refractivity contribution in [2.75, 3.05) is 0 Å². The highest BCUT2D eigenvalue weighted by Gasteiger charge is 2.64. The Bertz CT molecular complexity index is 969. The van der Waals surface area contributed by atoms with Crippen LogP contribution in [-0.2, 0) is 17.8 Å². The molecule has 8 heteroatoms. The summed E-state index contributed by atoms with van der Waals surface area (Å²) in [6.07, 6.45) is 10.3. The van der Waals surface area contributed by atoms with Crippen LogP contribution in [0.2, 0.25) is 0 Å². The number of aliphatic carboxylic acids is 1. The van der Waals surface area contributed by atoms with E-state index in [2.05, 4.69) is 43.1 Å². The van der Waals surface area contributed by atoms with E-state index >= 15 is 0 Å². The van der Waals surface area contributed by atoms with Gasteiger partial charge in [-0.15, -0.1) is 10.2 Å². The van der Waals surface area contributed by atoms with Crippen LogP contribution >= 0.6 is 0 Å². The van der Waals surface area contributed by atoms with Gasteiger partial charge in [0.1, 0.15) is 6.42 Å². The summed E-state index contributed by atoms with van der Waals surface area (Å²) in [7, 11) is 0. The van der Waals surface area contributed by atoms with Gasteiger partial charge in [0.2, 0.25) is 0 Å². The number of carbonyl (C=O) groups is 1. The van der Waals surface area contributed by atoms with E-state index in [0.717, 1.165) is 38.5 Å². The summed E-state index contributed by atoms with van der Waals surface area (Å²) < 4.78 is 0. The molecule has 11 atom stereocenters. The first-order valence-electron chi connectivity index (χ1n) is 14.9. The fourth-order valence-corrected chi connectivity index (χ4v) is 10.3. The molecule has 4 fully saturated rings. The summed E-state index contributed by atoms with van der Waals surface area (Å²) in [5, 5.41) is 43.4. The Morgan fingerprint density at radius 3 is 2.54 bits per heavy atom. The number of rotatable bonds is 8. The first-order valence-corrected chi connectivity index (χ1v) is 14.9. The minimum absolute atomic E-state index is 0.189. The lowest BCUT2D eigenvalue weighted by Gasteiger charge is -2.64. The van der Waals surface area contributed by atoms with E-state index < -0.39 is 5.97 Å². The lowest BCUT2D eigenvalue weighted by atomic mass is 9.41. The van der Waals surface area contributed by atoms with Crippen LogP contribution in [0.5, 0.6) is 0 Å². The van der Waals surface area contributed by atoms with Gasteiger partial charge in [0.15, 0.2) is 5.82 Å². The number of hydrogen-bond acceptors (Lipinski definition) is 6. The number of aliphatic hydroxyl groups is 2. The van der Waals surface area contributed by atoms with E-state index in [4.69, 9.17) is 5.11 Å². The molecule has 0 aliphatic heterocycles. The van der Waals surface area contributed by atoms with Crippen molar-refractivity contribution in [3.63, 3.8) is 0 Å². The number of hydrogen-bond donors (Lipinski definition) is 3. The maximum Gasteiger partial charge on any atom is 0.311 e. The molecule has 3 unspecified atom stereocenters. The summed E-state index contributed by atoms with van der Waals surface area (Å²) in [5.41, 5.74) is 0.524. The van der Waals surface area contributed by atoms with Crippen LogP contribution in [0, 0.1) is 52.3 Å². The van der Waals surface area contributed by atoms with Gasteiger partial charge in [-0.25, -0.2) is 0 Å². The second kappa shape index (κ2) is 10.2. The van der Waals surface area contributed by atoms with Crippen LogP contribution < -0.4 is 0 Å². The zero-order valence-electron chi connectivity index (χ0n) is 23.2. The van der Waals surface area contributed by atoms with Gasteiger partial charge in [0.25, 0.3) is 0 Å². The van der Waals surface area contributed by atoms with Crippen molar-refractivity contribution in [3.05, 3.63) is 5.82 Å². The molecule has 4 aliphatic rings. The SMILES string of the molecule is CC[C@@H]1C2C[C@H](O)CC[C@]2(C)[C@H]2CCC3(C)[C@@H]([C@H](C)CCCn4nnc(CC(=O)O)n4)CC[C@H]3C2[C@@H]1O. The molecular weight excluding hydrogens is 468 g/mol. The molecule has 208 valence electrons. The summed E-state index contributed by atoms with van der Waals surface area (Å²) in [6.45, 7) is 10.4. The van der Waals surface area contributed by atoms with Gasteiger partial charge in [-0.1, -0.05) is 34.1 Å². The molecule has 0 amide bonds. The van der Waals surface area contributed by atoms with Gasteiger partial charge in [-0.2, -0.15) is 4.80 Å². The highest BCUT2D eigenvalue weighted by atomic mass is 16.4. The first kappa shape index (κ1) is 27.0. The van der Waals surface area contributed by atoms with Crippen molar-refractivity contribution in [3.8, 4) is 0 Å². The van der Waals surface area contributed by atoms with Crippen molar-refractivity contribution in [1.29, 1.82) is 0 Å². The summed E-state index contributed by atoms with van der Waals surface area (Å²) >= 11 is 0. The van der Waals surface area contributed by atoms with Crippen LogP contribution in [0.25, 0.3) is 0 Å². The third-order valence-corrected chi connectivity index (χ3v) is 12.0. The zero-order valence-corrected chi connectivity index (χ0v) is 23.2. The maximum absolute atomic E-state index is 11.9. The largest absolute Gasteiger partial charge is 0.481 e. The number of carboxylic acid groups (broad SMARTS) is 1. The minimum Gasteiger partial charge on any atom is -0.481 e. The van der Waals surface area contributed by atoms with Crippen LogP contribution in [-0.4, -0.2) is 53.7 Å². The summed E-state index contributed by atoms with van der Waals surface area (Å²) in [6, 6.07) is 0. The second-order valence-electron chi connectivity index (χ2n) is 13.6. The first-order chi connectivity index (χ1) is 17.6. The van der Waals surface area contributed by atoms with Crippen molar-refractivity contribution < 1.29 is 20.1 Å². The second-order valence-corrected chi connectivity index (χ2v) is 13.6. The number of nitrogens with zero attached hydrogens (tertiary/aromatic N) is 4. The van der Waals surface area contributed by atoms with Crippen LogP contribution in [0.15, 0.2) is 0 Å². The normalized spacial score (nSPS) is 44.1. The minimum atomic E-state index is -0.939. The molecule has 37 heavy (non-hydrogen) atoms. The molecular formula is C29H48N4O4. The van der Waals surface area contributed by atoms with E-state index in [1.807, 2.05) is 0 Å². The molecule has 1 aromatic rings. The lowest BCUT2D eigenvalue weighted by molar-refractivity contribution is -0.203. The van der Waals surface area contributed by atoms with E-state index in [1.54, 1.807) is 0 Å². The number of aliphatic hydroxyl groups excluding tert-OH is 2. The topological polar surface area (TPSA) is 121 Å². The summed E-state index contributed by atoms with van der Waals surface area (Å²) in [5.74, 6) is 2.88. The van der Waals surface area contributed by atoms with Crippen LogP contribution in [0.1, 0.15) is 97.7 Å². The highest BCUT2D eigenvalue weighted by molar-refractivity contribution is 5.68. The van der Waals surface area contributed by atoms with E-state index in [0.29, 0.717) is 48.0 Å². The molecule has 1 aromatic heterocycles. The zero-order chi connectivity index (χ0) is 26.5. The van der Waals surface area contributed by atoms with Crippen molar-refractivity contribution in [2.24, 2.45) is 52.3 Å². The average molecular weight is 517 g/mol. The number of fused-ring (bicyclic) bond motifs is 5. The monoisotopic (exact) mass is 516 g/mol. The summed E-state index contributed by atoms with van der Waals surface area (Å²) in [4.78, 5) is 12.4. The third-order valence-electron chi connectivity index (χ3n) is 12.0. The fraction of sp³-hybridized carbons (Fsp3) is 0.931. The molecule has 0 aromatic carbocycles. The molecule has 4 saturated carbocycles. The Balaban J connectivity index is 1.26. The third kappa shape index (κ3) is 4.64. The van der Waals surface area contributed by atoms with E-state index in [9.17, 15) is 15.0 Å². The van der Waals surface area contributed by atoms with E-state index in [-0.39, 0.29) is 35.3 Å². The number of aryl methyl sites for hydroxylation is 1. The van der Waals surface area contributed by atoms with E-state index in [1.165, 1.54) is 30.5 Å². The van der Waals surface area contributed by atoms with Gasteiger partial charge in [-0.05, 0) is 115 Å². The molecule has 0 radical (unpaired) electrons. The quantitative estimate of drug-likeness (QED) is 0.470. The number of tetrazole rings is 1. The molecule has 4 aliphatic carbocycles. The average Bonchev–Trinajstić information content (AvgIpc) is 3.43.